The number of allylic oxidation sites excluding steroid dienone is 1. The topological polar surface area (TPSA) is 38.8 Å². The molecular weight excluding hydrogens is 398 g/mol. The molecule has 4 nitrogen and oxygen atoms in total. The molecule has 162 valence electrons. The number of hydrogen-bond donors (Lipinski definition) is 0. The number of benzene rings is 3. The summed E-state index contributed by atoms with van der Waals surface area (Å²) in [6.45, 7) is 12.5. The lowest BCUT2D eigenvalue weighted by atomic mass is 9.78. The Hall–Kier alpha value is -3.79. The molecule has 4 heteroatoms. The van der Waals surface area contributed by atoms with Crippen molar-refractivity contribution in [1.29, 1.82) is 0 Å². The van der Waals surface area contributed by atoms with Gasteiger partial charge in [0.25, 0.3) is 5.91 Å². The van der Waals surface area contributed by atoms with Gasteiger partial charge in [-0.2, -0.15) is 0 Å². The van der Waals surface area contributed by atoms with E-state index in [-0.39, 0.29) is 11.3 Å². The van der Waals surface area contributed by atoms with E-state index in [1.54, 1.807) is 24.2 Å². The summed E-state index contributed by atoms with van der Waals surface area (Å²) in [5, 5.41) is 0. The van der Waals surface area contributed by atoms with E-state index >= 15 is 0 Å². The van der Waals surface area contributed by atoms with Crippen LogP contribution in [-0.2, 0) is 12.0 Å². The molecule has 0 saturated carbocycles. The van der Waals surface area contributed by atoms with Gasteiger partial charge < -0.3 is 14.4 Å². The Morgan fingerprint density at radius 3 is 2.06 bits per heavy atom. The van der Waals surface area contributed by atoms with E-state index in [0.29, 0.717) is 23.6 Å². The Morgan fingerprint density at radius 1 is 0.938 bits per heavy atom. The van der Waals surface area contributed by atoms with Gasteiger partial charge in [0.05, 0.1) is 13.7 Å². The van der Waals surface area contributed by atoms with E-state index in [9.17, 15) is 4.79 Å². The third kappa shape index (κ3) is 3.92. The van der Waals surface area contributed by atoms with E-state index in [1.165, 1.54) is 11.1 Å². The zero-order valence-corrected chi connectivity index (χ0v) is 18.7. The van der Waals surface area contributed by atoms with Crippen LogP contribution in [0.1, 0.15) is 40.9 Å². The molecule has 4 rings (SSSR count). The Kier molecular flexibility index (Phi) is 5.62. The van der Waals surface area contributed by atoms with Crippen molar-refractivity contribution in [2.75, 3.05) is 7.11 Å². The number of carbonyl (C=O) groups excluding carboxylic acids is 1. The summed E-state index contributed by atoms with van der Waals surface area (Å²) in [7, 11) is 1.67. The predicted octanol–water partition coefficient (Wildman–Crippen LogP) is 6.47. The molecule has 3 aromatic rings. The number of methoxy groups -OCH3 is 1. The molecule has 0 aliphatic carbocycles. The van der Waals surface area contributed by atoms with Gasteiger partial charge in [0.1, 0.15) is 17.2 Å². The maximum absolute atomic E-state index is 12.7. The highest BCUT2D eigenvalue weighted by Crippen LogP contribution is 2.35. The molecule has 0 spiro atoms. The van der Waals surface area contributed by atoms with Crippen molar-refractivity contribution >= 4 is 5.91 Å². The van der Waals surface area contributed by atoms with Crippen molar-refractivity contribution in [3.8, 4) is 17.2 Å². The molecule has 1 aliphatic heterocycles. The van der Waals surface area contributed by atoms with E-state index < -0.39 is 0 Å². The molecule has 32 heavy (non-hydrogen) atoms. The minimum atomic E-state index is -0.165. The molecule has 0 atom stereocenters. The number of hydrogen-bond acceptors (Lipinski definition) is 3. The van der Waals surface area contributed by atoms with Crippen LogP contribution in [0.3, 0.4) is 0 Å². The summed E-state index contributed by atoms with van der Waals surface area (Å²) in [4.78, 5) is 14.3. The second-order valence-electron chi connectivity index (χ2n) is 8.39. The molecule has 0 N–H and O–H groups in total. The SMILES string of the molecule is C=CC(=C)N1Cc2ccc(Oc3ccc(C(C)(C)c4ccc(OC)cc4)cc3)cc2C1=O. The lowest BCUT2D eigenvalue weighted by Crippen LogP contribution is -2.21. The molecule has 0 fully saturated rings. The molecule has 1 amide bonds. The molecule has 1 heterocycles. The van der Waals surface area contributed by atoms with E-state index in [2.05, 4.69) is 51.3 Å². The van der Waals surface area contributed by atoms with Crippen LogP contribution in [0.5, 0.6) is 17.2 Å². The average Bonchev–Trinajstić information content (AvgIpc) is 3.15. The highest BCUT2D eigenvalue weighted by atomic mass is 16.5. The van der Waals surface area contributed by atoms with Crippen molar-refractivity contribution in [3.05, 3.63) is 114 Å². The van der Waals surface area contributed by atoms with Crippen molar-refractivity contribution in [2.45, 2.75) is 25.8 Å². The summed E-state index contributed by atoms with van der Waals surface area (Å²) in [6.07, 6.45) is 1.59. The van der Waals surface area contributed by atoms with Gasteiger partial charge in [0.2, 0.25) is 0 Å². The van der Waals surface area contributed by atoms with Gasteiger partial charge in [-0.15, -0.1) is 0 Å². The largest absolute Gasteiger partial charge is 0.497 e. The third-order valence-electron chi connectivity index (χ3n) is 6.09. The molecule has 0 bridgehead atoms. The molecule has 0 saturated heterocycles. The van der Waals surface area contributed by atoms with Gasteiger partial charge in [-0.3, -0.25) is 4.79 Å². The summed E-state index contributed by atoms with van der Waals surface area (Å²) in [5.74, 6) is 2.12. The van der Waals surface area contributed by atoms with Gasteiger partial charge in [-0.25, -0.2) is 0 Å². The predicted molar refractivity (Wildman–Crippen MR) is 127 cm³/mol. The molecule has 0 aromatic heterocycles. The first-order chi connectivity index (χ1) is 15.3. The van der Waals surface area contributed by atoms with Crippen LogP contribution in [0.15, 0.2) is 91.7 Å². The lowest BCUT2D eigenvalue weighted by molar-refractivity contribution is 0.0832. The molecule has 0 unspecified atom stereocenters. The van der Waals surface area contributed by atoms with Crippen molar-refractivity contribution < 1.29 is 14.3 Å². The highest BCUT2D eigenvalue weighted by molar-refractivity contribution is 6.00. The second kappa shape index (κ2) is 8.39. The van der Waals surface area contributed by atoms with Gasteiger partial charge in [0, 0.05) is 16.7 Å². The van der Waals surface area contributed by atoms with E-state index in [0.717, 1.165) is 17.1 Å². The summed E-state index contributed by atoms with van der Waals surface area (Å²) >= 11 is 0. The minimum Gasteiger partial charge on any atom is -0.497 e. The minimum absolute atomic E-state index is 0.0769. The van der Waals surface area contributed by atoms with E-state index in [4.69, 9.17) is 9.47 Å². The van der Waals surface area contributed by atoms with Crippen LogP contribution in [0.25, 0.3) is 0 Å². The van der Waals surface area contributed by atoms with Crippen molar-refractivity contribution in [3.63, 3.8) is 0 Å². The second-order valence-corrected chi connectivity index (χ2v) is 8.39. The first-order valence-corrected chi connectivity index (χ1v) is 10.5. The lowest BCUT2D eigenvalue weighted by Gasteiger charge is -2.26. The zero-order chi connectivity index (χ0) is 22.9. The fraction of sp³-hybridized carbons (Fsp3) is 0.179. The number of carbonyl (C=O) groups is 1. The smallest absolute Gasteiger partial charge is 0.259 e. The third-order valence-corrected chi connectivity index (χ3v) is 6.09. The van der Waals surface area contributed by atoms with Crippen LogP contribution >= 0.6 is 0 Å². The number of fused-ring (bicyclic) bond motifs is 1. The molecule has 0 radical (unpaired) electrons. The summed E-state index contributed by atoms with van der Waals surface area (Å²) in [5.41, 5.74) is 4.42. The zero-order valence-electron chi connectivity index (χ0n) is 18.7. The van der Waals surface area contributed by atoms with Gasteiger partial charge in [-0.05, 0) is 59.2 Å². The van der Waals surface area contributed by atoms with Gasteiger partial charge in [-0.1, -0.05) is 57.3 Å². The Balaban J connectivity index is 1.51. The fourth-order valence-corrected chi connectivity index (χ4v) is 3.94. The van der Waals surface area contributed by atoms with Crippen LogP contribution in [0.4, 0.5) is 0 Å². The molecule has 1 aliphatic rings. The number of rotatable bonds is 7. The number of amides is 1. The highest BCUT2D eigenvalue weighted by Gasteiger charge is 2.29. The Morgan fingerprint density at radius 2 is 1.50 bits per heavy atom. The van der Waals surface area contributed by atoms with Crippen LogP contribution in [-0.4, -0.2) is 17.9 Å². The van der Waals surface area contributed by atoms with Gasteiger partial charge >= 0.3 is 0 Å². The summed E-state index contributed by atoms with van der Waals surface area (Å²) < 4.78 is 11.3. The van der Waals surface area contributed by atoms with Crippen LogP contribution < -0.4 is 9.47 Å². The monoisotopic (exact) mass is 425 g/mol. The standard InChI is InChI=1S/C28H27NO3/c1-6-19(2)29-18-20-7-12-25(17-26(20)27(29)30)32-24-15-10-22(11-16-24)28(3,4)21-8-13-23(31-5)14-9-21/h6-17H,1-2,18H2,3-5H3. The maximum atomic E-state index is 12.7. The number of ether oxygens (including phenoxy) is 2. The Labute approximate surface area is 189 Å². The number of nitrogens with zero attached hydrogens (tertiary/aromatic N) is 1. The maximum Gasteiger partial charge on any atom is 0.259 e. The average molecular weight is 426 g/mol. The first kappa shape index (κ1) is 21.4. The fourth-order valence-electron chi connectivity index (χ4n) is 3.94. The molecular formula is C28H27NO3. The summed E-state index contributed by atoms with van der Waals surface area (Å²) in [6, 6.07) is 21.8. The van der Waals surface area contributed by atoms with Gasteiger partial charge in [0.15, 0.2) is 0 Å². The van der Waals surface area contributed by atoms with E-state index in [1.807, 2.05) is 36.4 Å². The van der Waals surface area contributed by atoms with Crippen molar-refractivity contribution in [1.82, 2.24) is 4.90 Å². The normalized spacial score (nSPS) is 13.0. The Bertz CT molecular complexity index is 1170. The molecule has 3 aromatic carbocycles. The van der Waals surface area contributed by atoms with Crippen molar-refractivity contribution in [2.24, 2.45) is 0 Å². The first-order valence-electron chi connectivity index (χ1n) is 10.5. The van der Waals surface area contributed by atoms with Crippen LogP contribution in [0, 0.1) is 0 Å². The quantitative estimate of drug-likeness (QED) is 0.407. The van der Waals surface area contributed by atoms with Crippen LogP contribution in [0.2, 0.25) is 0 Å².